The summed E-state index contributed by atoms with van der Waals surface area (Å²) in [7, 11) is 0. The van der Waals surface area contributed by atoms with Gasteiger partial charge >= 0.3 is 5.69 Å². The second-order valence-electron chi connectivity index (χ2n) is 1.94. The van der Waals surface area contributed by atoms with Crippen molar-refractivity contribution in [1.82, 2.24) is 0 Å². The van der Waals surface area contributed by atoms with Crippen LogP contribution in [0.3, 0.4) is 0 Å². The molecule has 0 atom stereocenters. The SMILES string of the molecule is N#[N+]c1ccc(O)c(=O)cc1. The summed E-state index contributed by atoms with van der Waals surface area (Å²) in [4.78, 5) is 13.6. The van der Waals surface area contributed by atoms with Gasteiger partial charge in [0.1, 0.15) is 0 Å². The molecule has 54 valence electrons. The van der Waals surface area contributed by atoms with Gasteiger partial charge in [0.25, 0.3) is 0 Å². The minimum Gasteiger partial charge on any atom is -0.504 e. The zero-order chi connectivity index (χ0) is 8.27. The molecule has 1 aromatic carbocycles. The molecule has 0 spiro atoms. The van der Waals surface area contributed by atoms with E-state index in [0.29, 0.717) is 0 Å². The largest absolute Gasteiger partial charge is 0.504 e. The van der Waals surface area contributed by atoms with Gasteiger partial charge < -0.3 is 5.11 Å². The van der Waals surface area contributed by atoms with Crippen molar-refractivity contribution in [2.24, 2.45) is 0 Å². The Balaban J connectivity index is 3.43. The third-order valence-corrected chi connectivity index (χ3v) is 1.19. The summed E-state index contributed by atoms with van der Waals surface area (Å²) in [5.74, 6) is -0.361. The Morgan fingerprint density at radius 3 is 2.55 bits per heavy atom. The summed E-state index contributed by atoms with van der Waals surface area (Å²) < 4.78 is 0. The molecule has 4 heteroatoms. The highest BCUT2D eigenvalue weighted by atomic mass is 16.3. The molecule has 0 amide bonds. The zero-order valence-electron chi connectivity index (χ0n) is 5.56. The van der Waals surface area contributed by atoms with Gasteiger partial charge in [-0.1, -0.05) is 0 Å². The average Bonchev–Trinajstić information content (AvgIpc) is 2.16. The van der Waals surface area contributed by atoms with Crippen LogP contribution in [0.25, 0.3) is 4.98 Å². The molecule has 0 radical (unpaired) electrons. The van der Waals surface area contributed by atoms with Crippen LogP contribution in [-0.4, -0.2) is 5.11 Å². The maximum atomic E-state index is 10.7. The van der Waals surface area contributed by atoms with E-state index in [1.54, 1.807) is 0 Å². The van der Waals surface area contributed by atoms with Crippen molar-refractivity contribution >= 4 is 5.69 Å². The Bertz CT molecular complexity index is 368. The van der Waals surface area contributed by atoms with Gasteiger partial charge in [-0.15, -0.1) is 0 Å². The topological polar surface area (TPSA) is 65.4 Å². The first-order valence-corrected chi connectivity index (χ1v) is 2.92. The molecule has 1 rings (SSSR count). The summed E-state index contributed by atoms with van der Waals surface area (Å²) in [6.45, 7) is 0. The normalized spacial score (nSPS) is 8.64. The summed E-state index contributed by atoms with van der Waals surface area (Å²) >= 11 is 0. The minimum atomic E-state index is -0.500. The van der Waals surface area contributed by atoms with Gasteiger partial charge in [0.15, 0.2) is 10.7 Å². The number of aromatic hydroxyl groups is 1. The molecular weight excluding hydrogens is 144 g/mol. The second-order valence-corrected chi connectivity index (χ2v) is 1.94. The Hall–Kier alpha value is -1.89. The van der Waals surface area contributed by atoms with Crippen molar-refractivity contribution in [1.29, 1.82) is 5.39 Å². The van der Waals surface area contributed by atoms with Crippen LogP contribution in [0.4, 0.5) is 5.69 Å². The highest BCUT2D eigenvalue weighted by Gasteiger charge is 2.01. The van der Waals surface area contributed by atoms with Crippen LogP contribution < -0.4 is 5.43 Å². The summed E-state index contributed by atoms with van der Waals surface area (Å²) in [6.07, 6.45) is 0. The van der Waals surface area contributed by atoms with Crippen LogP contribution in [0.2, 0.25) is 0 Å². The highest BCUT2D eigenvalue weighted by molar-refractivity contribution is 5.43. The molecule has 0 fully saturated rings. The van der Waals surface area contributed by atoms with E-state index >= 15 is 0 Å². The van der Waals surface area contributed by atoms with E-state index in [1.807, 2.05) is 0 Å². The molecule has 4 nitrogen and oxygen atoms in total. The van der Waals surface area contributed by atoms with E-state index in [1.165, 1.54) is 18.2 Å². The Morgan fingerprint density at radius 2 is 1.91 bits per heavy atom. The Labute approximate surface area is 62.4 Å². The van der Waals surface area contributed by atoms with Gasteiger partial charge in [0, 0.05) is 12.1 Å². The van der Waals surface area contributed by atoms with Crippen molar-refractivity contribution in [2.45, 2.75) is 0 Å². The fraction of sp³-hybridized carbons (Fsp3) is 0. The van der Waals surface area contributed by atoms with Crippen LogP contribution in [0.5, 0.6) is 5.75 Å². The average molecular weight is 149 g/mol. The smallest absolute Gasteiger partial charge is 0.385 e. The number of diazo groups is 1. The summed E-state index contributed by atoms with van der Waals surface area (Å²) in [6, 6.07) is 4.94. The predicted octanol–water partition coefficient (Wildman–Crippen LogP) is 1.24. The molecule has 1 N–H and O–H groups in total. The van der Waals surface area contributed by atoms with E-state index in [-0.39, 0.29) is 11.4 Å². The van der Waals surface area contributed by atoms with Crippen LogP contribution in [0, 0.1) is 5.39 Å². The first-order valence-electron chi connectivity index (χ1n) is 2.92. The lowest BCUT2D eigenvalue weighted by Crippen LogP contribution is -1.90. The van der Waals surface area contributed by atoms with E-state index in [9.17, 15) is 4.79 Å². The quantitative estimate of drug-likeness (QED) is 0.564. The lowest BCUT2D eigenvalue weighted by atomic mass is 10.4. The molecule has 0 aromatic heterocycles. The fourth-order valence-electron chi connectivity index (χ4n) is 0.615. The van der Waals surface area contributed by atoms with Gasteiger partial charge in [-0.25, -0.2) is 0 Å². The number of hydrogen-bond donors (Lipinski definition) is 1. The van der Waals surface area contributed by atoms with Gasteiger partial charge in [-0.3, -0.25) is 4.79 Å². The van der Waals surface area contributed by atoms with Crippen molar-refractivity contribution < 1.29 is 5.11 Å². The lowest BCUT2D eigenvalue weighted by molar-refractivity contribution is 0.471. The van der Waals surface area contributed by atoms with Crippen LogP contribution in [0.1, 0.15) is 0 Å². The maximum absolute atomic E-state index is 10.7. The van der Waals surface area contributed by atoms with E-state index in [0.717, 1.165) is 6.07 Å². The minimum absolute atomic E-state index is 0.224. The Morgan fingerprint density at radius 1 is 1.27 bits per heavy atom. The predicted molar refractivity (Wildman–Crippen MR) is 39.1 cm³/mol. The third kappa shape index (κ3) is 1.52. The monoisotopic (exact) mass is 149 g/mol. The van der Waals surface area contributed by atoms with Crippen LogP contribution >= 0.6 is 0 Å². The van der Waals surface area contributed by atoms with Crippen molar-refractivity contribution in [3.8, 4) is 5.75 Å². The van der Waals surface area contributed by atoms with Gasteiger partial charge in [-0.2, -0.15) is 0 Å². The van der Waals surface area contributed by atoms with Crippen molar-refractivity contribution in [3.05, 3.63) is 39.5 Å². The first kappa shape index (κ1) is 7.22. The lowest BCUT2D eigenvalue weighted by Gasteiger charge is -1.74. The molecular formula is C7H5N2O2+. The standard InChI is InChI=1S/C7H4N2O2/c8-9-5-1-3-6(10)7(11)4-2-5/h1-4H/p+1. The van der Waals surface area contributed by atoms with Gasteiger partial charge in [-0.05, 0) is 12.1 Å². The van der Waals surface area contributed by atoms with Crippen LogP contribution in [0.15, 0.2) is 29.1 Å². The molecule has 0 saturated heterocycles. The molecule has 11 heavy (non-hydrogen) atoms. The van der Waals surface area contributed by atoms with E-state index in [4.69, 9.17) is 10.5 Å². The summed E-state index contributed by atoms with van der Waals surface area (Å²) in [5.41, 5.74) is -0.276. The Kier molecular flexibility index (Phi) is 1.83. The van der Waals surface area contributed by atoms with E-state index < -0.39 is 5.43 Å². The third-order valence-electron chi connectivity index (χ3n) is 1.19. The zero-order valence-corrected chi connectivity index (χ0v) is 5.56. The number of hydrogen-bond acceptors (Lipinski definition) is 3. The first-order chi connectivity index (χ1) is 5.24. The summed E-state index contributed by atoms with van der Waals surface area (Å²) in [5, 5.41) is 17.1. The van der Waals surface area contributed by atoms with Gasteiger partial charge in [0.05, 0.1) is 0 Å². The number of nitrogens with zero attached hydrogens (tertiary/aromatic N) is 2. The molecule has 0 aliphatic heterocycles. The van der Waals surface area contributed by atoms with Crippen molar-refractivity contribution in [3.63, 3.8) is 0 Å². The maximum Gasteiger partial charge on any atom is 0.385 e. The molecule has 0 heterocycles. The second kappa shape index (κ2) is 2.80. The number of rotatable bonds is 0. The molecule has 0 aliphatic carbocycles. The highest BCUT2D eigenvalue weighted by Crippen LogP contribution is 2.09. The fourth-order valence-corrected chi connectivity index (χ4v) is 0.615. The van der Waals surface area contributed by atoms with E-state index in [2.05, 4.69) is 4.98 Å². The molecule has 0 saturated carbocycles. The molecule has 0 unspecified atom stereocenters. The van der Waals surface area contributed by atoms with Gasteiger partial charge in [0.2, 0.25) is 10.8 Å². The van der Waals surface area contributed by atoms with Crippen LogP contribution in [-0.2, 0) is 0 Å². The van der Waals surface area contributed by atoms with Crippen molar-refractivity contribution in [2.75, 3.05) is 0 Å². The molecule has 0 bridgehead atoms. The molecule has 0 aliphatic rings. The molecule has 1 aromatic rings.